The Kier molecular flexibility index (Phi) is 6.75. The van der Waals surface area contributed by atoms with Crippen LogP contribution in [-0.4, -0.2) is 30.2 Å². The van der Waals surface area contributed by atoms with Gasteiger partial charge in [-0.05, 0) is 36.5 Å². The molecule has 0 amide bonds. The van der Waals surface area contributed by atoms with Crippen LogP contribution in [0.15, 0.2) is 72.8 Å². The van der Waals surface area contributed by atoms with Gasteiger partial charge in [0.2, 0.25) is 5.95 Å². The van der Waals surface area contributed by atoms with Crippen molar-refractivity contribution in [3.05, 3.63) is 83.9 Å². The SMILES string of the molecule is COc1cc2c(N3CCCCC3)nc(NCc3ccccc3)nc2cc1OCc1ccccc1. The first kappa shape index (κ1) is 22.0. The molecule has 5 rings (SSSR count). The van der Waals surface area contributed by atoms with Gasteiger partial charge in [0, 0.05) is 31.1 Å². The number of anilines is 2. The summed E-state index contributed by atoms with van der Waals surface area (Å²) in [6, 6.07) is 24.4. The molecule has 4 aromatic rings. The zero-order valence-corrected chi connectivity index (χ0v) is 19.5. The summed E-state index contributed by atoms with van der Waals surface area (Å²) in [6.45, 7) is 3.13. The normalized spacial score (nSPS) is 13.6. The summed E-state index contributed by atoms with van der Waals surface area (Å²) in [7, 11) is 1.67. The first-order valence-electron chi connectivity index (χ1n) is 11.9. The quantitative estimate of drug-likeness (QED) is 0.362. The second kappa shape index (κ2) is 10.4. The van der Waals surface area contributed by atoms with Crippen molar-refractivity contribution in [3.63, 3.8) is 0 Å². The summed E-state index contributed by atoms with van der Waals surface area (Å²) in [5.74, 6) is 2.94. The van der Waals surface area contributed by atoms with Crippen molar-refractivity contribution in [1.29, 1.82) is 0 Å². The molecule has 6 nitrogen and oxygen atoms in total. The van der Waals surface area contributed by atoms with Crippen LogP contribution >= 0.6 is 0 Å². The van der Waals surface area contributed by atoms with Crippen LogP contribution in [0.3, 0.4) is 0 Å². The zero-order valence-electron chi connectivity index (χ0n) is 19.5. The largest absolute Gasteiger partial charge is 0.493 e. The first-order valence-corrected chi connectivity index (χ1v) is 11.9. The van der Waals surface area contributed by atoms with Crippen LogP contribution in [0.4, 0.5) is 11.8 Å². The number of hydrogen-bond acceptors (Lipinski definition) is 6. The van der Waals surface area contributed by atoms with Gasteiger partial charge in [-0.25, -0.2) is 4.98 Å². The van der Waals surface area contributed by atoms with Crippen molar-refractivity contribution in [1.82, 2.24) is 9.97 Å². The van der Waals surface area contributed by atoms with Gasteiger partial charge < -0.3 is 19.7 Å². The maximum Gasteiger partial charge on any atom is 0.225 e. The molecular formula is C28H30N4O2. The van der Waals surface area contributed by atoms with Gasteiger partial charge in [-0.15, -0.1) is 0 Å². The third-order valence-electron chi connectivity index (χ3n) is 6.15. The lowest BCUT2D eigenvalue weighted by molar-refractivity contribution is 0.285. The Morgan fingerprint density at radius 2 is 1.53 bits per heavy atom. The maximum absolute atomic E-state index is 6.16. The van der Waals surface area contributed by atoms with Gasteiger partial charge in [0.05, 0.1) is 12.6 Å². The van der Waals surface area contributed by atoms with Crippen LogP contribution in [0, 0.1) is 0 Å². The Balaban J connectivity index is 1.50. The van der Waals surface area contributed by atoms with E-state index < -0.39 is 0 Å². The van der Waals surface area contributed by atoms with Gasteiger partial charge in [-0.3, -0.25) is 0 Å². The van der Waals surface area contributed by atoms with Crippen molar-refractivity contribution >= 4 is 22.7 Å². The molecule has 1 aliphatic heterocycles. The number of nitrogens with zero attached hydrogens (tertiary/aromatic N) is 3. The van der Waals surface area contributed by atoms with Crippen LogP contribution in [0.2, 0.25) is 0 Å². The summed E-state index contributed by atoms with van der Waals surface area (Å²) in [5.41, 5.74) is 3.13. The van der Waals surface area contributed by atoms with Gasteiger partial charge >= 0.3 is 0 Å². The molecule has 0 unspecified atom stereocenters. The van der Waals surface area contributed by atoms with E-state index in [2.05, 4.69) is 34.5 Å². The van der Waals surface area contributed by atoms with Crippen LogP contribution in [0.1, 0.15) is 30.4 Å². The number of ether oxygens (including phenoxy) is 2. The molecule has 174 valence electrons. The fraction of sp³-hybridized carbons (Fsp3) is 0.286. The molecule has 1 aliphatic rings. The molecule has 3 aromatic carbocycles. The minimum absolute atomic E-state index is 0.464. The van der Waals surface area contributed by atoms with Gasteiger partial charge in [0.15, 0.2) is 11.5 Å². The minimum atomic E-state index is 0.464. The molecule has 0 bridgehead atoms. The highest BCUT2D eigenvalue weighted by atomic mass is 16.5. The fourth-order valence-corrected chi connectivity index (χ4v) is 4.33. The summed E-state index contributed by atoms with van der Waals surface area (Å²) < 4.78 is 11.9. The van der Waals surface area contributed by atoms with E-state index in [1.807, 2.05) is 48.5 Å². The Morgan fingerprint density at radius 1 is 0.824 bits per heavy atom. The summed E-state index contributed by atoms with van der Waals surface area (Å²) in [4.78, 5) is 12.2. The third-order valence-corrected chi connectivity index (χ3v) is 6.15. The second-order valence-corrected chi connectivity index (χ2v) is 8.55. The predicted octanol–water partition coefficient (Wildman–Crippen LogP) is 5.82. The van der Waals surface area contributed by atoms with Crippen molar-refractivity contribution in [2.45, 2.75) is 32.4 Å². The van der Waals surface area contributed by atoms with E-state index in [0.29, 0.717) is 30.6 Å². The Hall–Kier alpha value is -3.80. The number of aromatic nitrogens is 2. The molecule has 0 radical (unpaired) electrons. The molecule has 0 spiro atoms. The Morgan fingerprint density at radius 3 is 2.24 bits per heavy atom. The van der Waals surface area contributed by atoms with E-state index in [-0.39, 0.29) is 0 Å². The topological polar surface area (TPSA) is 59.5 Å². The fourth-order valence-electron chi connectivity index (χ4n) is 4.33. The summed E-state index contributed by atoms with van der Waals surface area (Å²) in [6.07, 6.45) is 3.61. The van der Waals surface area contributed by atoms with E-state index in [9.17, 15) is 0 Å². The number of piperidine rings is 1. The molecule has 0 aliphatic carbocycles. The van der Waals surface area contributed by atoms with Gasteiger partial charge in [-0.1, -0.05) is 60.7 Å². The molecule has 1 N–H and O–H groups in total. The summed E-state index contributed by atoms with van der Waals surface area (Å²) >= 11 is 0. The predicted molar refractivity (Wildman–Crippen MR) is 137 cm³/mol. The monoisotopic (exact) mass is 454 g/mol. The van der Waals surface area contributed by atoms with Gasteiger partial charge in [-0.2, -0.15) is 4.98 Å². The molecule has 6 heteroatoms. The molecule has 34 heavy (non-hydrogen) atoms. The molecule has 1 aromatic heterocycles. The van der Waals surface area contributed by atoms with E-state index in [0.717, 1.165) is 35.4 Å². The second-order valence-electron chi connectivity index (χ2n) is 8.55. The third kappa shape index (κ3) is 5.06. The molecule has 0 atom stereocenters. The van der Waals surface area contributed by atoms with Crippen molar-refractivity contribution < 1.29 is 9.47 Å². The van der Waals surface area contributed by atoms with Crippen LogP contribution in [-0.2, 0) is 13.2 Å². The summed E-state index contributed by atoms with van der Waals surface area (Å²) in [5, 5.41) is 4.40. The smallest absolute Gasteiger partial charge is 0.225 e. The lowest BCUT2D eigenvalue weighted by Gasteiger charge is -2.29. The van der Waals surface area contributed by atoms with Crippen molar-refractivity contribution in [2.24, 2.45) is 0 Å². The standard InChI is InChI=1S/C28H30N4O2/c1-33-25-17-23-24(18-26(25)34-20-22-13-7-3-8-14-22)30-28(29-19-21-11-5-2-6-12-21)31-27(23)32-15-9-4-10-16-32/h2-3,5-8,11-14,17-18H,4,9-10,15-16,19-20H2,1H3,(H,29,30,31). The van der Waals surface area contributed by atoms with E-state index in [1.165, 1.54) is 24.8 Å². The molecule has 1 saturated heterocycles. The van der Waals surface area contributed by atoms with Gasteiger partial charge in [0.25, 0.3) is 0 Å². The number of benzene rings is 3. The number of rotatable bonds is 8. The van der Waals surface area contributed by atoms with Crippen molar-refractivity contribution in [2.75, 3.05) is 30.4 Å². The highest BCUT2D eigenvalue weighted by Gasteiger charge is 2.20. The van der Waals surface area contributed by atoms with E-state index in [1.54, 1.807) is 7.11 Å². The number of hydrogen-bond donors (Lipinski definition) is 1. The highest BCUT2D eigenvalue weighted by molar-refractivity contribution is 5.93. The van der Waals surface area contributed by atoms with Crippen LogP contribution < -0.4 is 19.7 Å². The Bertz CT molecular complexity index is 1230. The van der Waals surface area contributed by atoms with E-state index >= 15 is 0 Å². The first-order chi connectivity index (χ1) is 16.8. The van der Waals surface area contributed by atoms with Crippen molar-refractivity contribution in [3.8, 4) is 11.5 Å². The number of methoxy groups -OCH3 is 1. The Labute approximate surface area is 200 Å². The number of nitrogens with one attached hydrogen (secondary N) is 1. The molecule has 1 fully saturated rings. The van der Waals surface area contributed by atoms with Gasteiger partial charge in [0.1, 0.15) is 12.4 Å². The molecular weight excluding hydrogens is 424 g/mol. The lowest BCUT2D eigenvalue weighted by atomic mass is 10.1. The molecule has 2 heterocycles. The zero-order chi connectivity index (χ0) is 23.2. The van der Waals surface area contributed by atoms with Crippen LogP contribution in [0.5, 0.6) is 11.5 Å². The van der Waals surface area contributed by atoms with Crippen LogP contribution in [0.25, 0.3) is 10.9 Å². The average molecular weight is 455 g/mol. The highest BCUT2D eigenvalue weighted by Crippen LogP contribution is 2.37. The maximum atomic E-state index is 6.16. The number of fused-ring (bicyclic) bond motifs is 1. The minimum Gasteiger partial charge on any atom is -0.493 e. The lowest BCUT2D eigenvalue weighted by Crippen LogP contribution is -2.30. The average Bonchev–Trinajstić information content (AvgIpc) is 2.91. The van der Waals surface area contributed by atoms with E-state index in [4.69, 9.17) is 19.4 Å². The molecule has 0 saturated carbocycles.